The van der Waals surface area contributed by atoms with Gasteiger partial charge in [0.05, 0.1) is 29.7 Å². The molecule has 2 aliphatic heterocycles. The van der Waals surface area contributed by atoms with E-state index in [1.165, 1.54) is 0 Å². The van der Waals surface area contributed by atoms with Gasteiger partial charge in [0, 0.05) is 43.0 Å². The van der Waals surface area contributed by atoms with Crippen molar-refractivity contribution >= 4 is 34.9 Å². The van der Waals surface area contributed by atoms with Crippen molar-refractivity contribution in [1.29, 1.82) is 0 Å². The highest BCUT2D eigenvalue weighted by atomic mass is 16.6. The molecule has 11 heteroatoms. The first-order chi connectivity index (χ1) is 25.5. The lowest BCUT2D eigenvalue weighted by molar-refractivity contribution is 0.132. The van der Waals surface area contributed by atoms with Gasteiger partial charge in [-0.1, -0.05) is 79.7 Å². The molecule has 0 radical (unpaired) electrons. The molecule has 3 aromatic carbocycles. The van der Waals surface area contributed by atoms with Crippen LogP contribution in [0.4, 0.5) is 21.0 Å². The van der Waals surface area contributed by atoms with E-state index < -0.39 is 12.2 Å². The second-order valence-electron chi connectivity index (χ2n) is 13.1. The minimum absolute atomic E-state index is 0.0202. The molecule has 0 saturated carbocycles. The molecule has 52 heavy (non-hydrogen) atoms. The zero-order valence-electron chi connectivity index (χ0n) is 28.2. The second-order valence-corrected chi connectivity index (χ2v) is 13.1. The van der Waals surface area contributed by atoms with Gasteiger partial charge in [0.1, 0.15) is 29.7 Å². The van der Waals surface area contributed by atoms with Gasteiger partial charge in [-0.2, -0.15) is 0 Å². The van der Waals surface area contributed by atoms with E-state index in [0.717, 1.165) is 39.4 Å². The van der Waals surface area contributed by atoms with E-state index in [9.17, 15) is 9.59 Å². The van der Waals surface area contributed by atoms with E-state index in [-0.39, 0.29) is 30.7 Å². The van der Waals surface area contributed by atoms with Crippen LogP contribution in [0.5, 0.6) is 5.75 Å². The highest BCUT2D eigenvalue weighted by Crippen LogP contribution is 2.45. The largest absolute Gasteiger partial charge is 0.493 e. The quantitative estimate of drug-likeness (QED) is 0.150. The standard InChI is InChI=1S/C41H34N6O5/c1-27(25-50-33-15-12-28(13-16-33)35-26-51-40(48)46(35)31-18-20-44-21-19-42-37(44)22-31)34-24-45-23-32(14-17-36(45)43-34)47-38(29-8-4-2-5-9-29)39(52-41(47)49)30-10-6-3-7-11-30/h2-24,27,35,38-39H,25-26H2,1H3/t27?,35-,38+,39-/m1/s1. The normalized spacial score (nSPS) is 19.3. The molecule has 0 spiro atoms. The molecule has 0 bridgehead atoms. The number of benzene rings is 3. The molecule has 0 N–H and O–H groups in total. The lowest BCUT2D eigenvalue weighted by atomic mass is 9.95. The number of cyclic esters (lactones) is 2. The molecule has 1 unspecified atom stereocenters. The lowest BCUT2D eigenvalue weighted by Gasteiger charge is -2.25. The molecule has 4 aromatic heterocycles. The van der Waals surface area contributed by atoms with Gasteiger partial charge in [-0.15, -0.1) is 0 Å². The molecule has 6 heterocycles. The van der Waals surface area contributed by atoms with Gasteiger partial charge in [0.25, 0.3) is 0 Å². The summed E-state index contributed by atoms with van der Waals surface area (Å²) in [6.07, 6.45) is 8.13. The molecule has 9 rings (SSSR count). The molecule has 7 aromatic rings. The van der Waals surface area contributed by atoms with Crippen LogP contribution in [0.2, 0.25) is 0 Å². The van der Waals surface area contributed by atoms with E-state index >= 15 is 0 Å². The number of anilines is 2. The predicted molar refractivity (Wildman–Crippen MR) is 195 cm³/mol. The summed E-state index contributed by atoms with van der Waals surface area (Å²) in [5.74, 6) is 0.693. The zero-order valence-corrected chi connectivity index (χ0v) is 28.2. The summed E-state index contributed by atoms with van der Waals surface area (Å²) >= 11 is 0. The van der Waals surface area contributed by atoms with Crippen LogP contribution in [0.3, 0.4) is 0 Å². The van der Waals surface area contributed by atoms with Crippen molar-refractivity contribution in [3.05, 3.63) is 163 Å². The molecular weight excluding hydrogens is 656 g/mol. The molecule has 4 atom stereocenters. The minimum atomic E-state index is -0.456. The van der Waals surface area contributed by atoms with E-state index in [1.807, 2.05) is 143 Å². The molecular formula is C41H34N6O5. The van der Waals surface area contributed by atoms with Crippen LogP contribution in [0.15, 0.2) is 140 Å². The Morgan fingerprint density at radius 1 is 0.750 bits per heavy atom. The van der Waals surface area contributed by atoms with Gasteiger partial charge in [0.15, 0.2) is 6.10 Å². The number of ether oxygens (including phenoxy) is 3. The van der Waals surface area contributed by atoms with E-state index in [2.05, 4.69) is 11.9 Å². The maximum absolute atomic E-state index is 13.5. The summed E-state index contributed by atoms with van der Waals surface area (Å²) in [6.45, 7) is 2.73. The molecule has 2 saturated heterocycles. The second kappa shape index (κ2) is 12.9. The molecule has 258 valence electrons. The fraction of sp³-hybridized carbons (Fsp3) is 0.171. The number of pyridine rings is 2. The number of imidazole rings is 2. The monoisotopic (exact) mass is 690 g/mol. The van der Waals surface area contributed by atoms with Crippen molar-refractivity contribution in [3.63, 3.8) is 0 Å². The van der Waals surface area contributed by atoms with Crippen LogP contribution < -0.4 is 14.5 Å². The summed E-state index contributed by atoms with van der Waals surface area (Å²) < 4.78 is 21.5. The van der Waals surface area contributed by atoms with E-state index in [4.69, 9.17) is 19.2 Å². The Kier molecular flexibility index (Phi) is 7.80. The van der Waals surface area contributed by atoms with Crippen molar-refractivity contribution in [2.24, 2.45) is 0 Å². The number of carbonyl (C=O) groups is 2. The van der Waals surface area contributed by atoms with Crippen LogP contribution in [-0.2, 0) is 9.47 Å². The SMILES string of the molecule is CC(COc1ccc([C@H]2COC(=O)N2c2ccn3ccnc3c2)cc1)c1cn2cc(N3C(=O)O[C@H](c4ccccc4)[C@@H]3c3ccccc3)ccc2n1. The van der Waals surface area contributed by atoms with Gasteiger partial charge in [0.2, 0.25) is 0 Å². The van der Waals surface area contributed by atoms with Gasteiger partial charge in [-0.25, -0.2) is 19.6 Å². The molecule has 2 amide bonds. The van der Waals surface area contributed by atoms with E-state index in [1.54, 1.807) is 16.0 Å². The van der Waals surface area contributed by atoms with Crippen LogP contribution in [-0.4, -0.2) is 44.2 Å². The molecule has 2 fully saturated rings. The third-order valence-electron chi connectivity index (χ3n) is 9.79. The molecule has 11 nitrogen and oxygen atoms in total. The van der Waals surface area contributed by atoms with Crippen LogP contribution >= 0.6 is 0 Å². The van der Waals surface area contributed by atoms with Gasteiger partial charge in [-0.05, 0) is 47.0 Å². The smallest absolute Gasteiger partial charge is 0.415 e. The molecule has 0 aliphatic carbocycles. The summed E-state index contributed by atoms with van der Waals surface area (Å²) in [4.78, 5) is 38.8. The van der Waals surface area contributed by atoms with Crippen LogP contribution in [0, 0.1) is 0 Å². The lowest BCUT2D eigenvalue weighted by Crippen LogP contribution is -2.28. The number of nitrogens with zero attached hydrogens (tertiary/aromatic N) is 6. The highest BCUT2D eigenvalue weighted by Gasteiger charge is 2.44. The van der Waals surface area contributed by atoms with Crippen molar-refractivity contribution in [2.45, 2.75) is 31.0 Å². The number of aromatic nitrogens is 4. The molecule has 2 aliphatic rings. The maximum Gasteiger partial charge on any atom is 0.415 e. The number of hydrogen-bond donors (Lipinski definition) is 0. The Balaban J connectivity index is 0.901. The predicted octanol–water partition coefficient (Wildman–Crippen LogP) is 8.30. The first-order valence-electron chi connectivity index (χ1n) is 17.2. The summed E-state index contributed by atoms with van der Waals surface area (Å²) in [5.41, 5.74) is 6.70. The summed E-state index contributed by atoms with van der Waals surface area (Å²) in [5, 5.41) is 0. The third kappa shape index (κ3) is 5.65. The zero-order chi connectivity index (χ0) is 35.2. The minimum Gasteiger partial charge on any atom is -0.493 e. The number of rotatable bonds is 9. The van der Waals surface area contributed by atoms with Gasteiger partial charge in [-0.3, -0.25) is 9.80 Å². The highest BCUT2D eigenvalue weighted by molar-refractivity contribution is 5.92. The van der Waals surface area contributed by atoms with Gasteiger partial charge >= 0.3 is 12.2 Å². The fourth-order valence-electron chi connectivity index (χ4n) is 7.09. The number of amides is 2. The van der Waals surface area contributed by atoms with Crippen molar-refractivity contribution in [1.82, 2.24) is 18.8 Å². The van der Waals surface area contributed by atoms with E-state index in [0.29, 0.717) is 18.0 Å². The van der Waals surface area contributed by atoms with Crippen molar-refractivity contribution in [3.8, 4) is 5.75 Å². The topological polar surface area (TPSA) is 103 Å². The number of hydrogen-bond acceptors (Lipinski definition) is 7. The third-order valence-corrected chi connectivity index (χ3v) is 9.79. The Morgan fingerprint density at radius 2 is 1.52 bits per heavy atom. The van der Waals surface area contributed by atoms with Gasteiger partial charge < -0.3 is 23.0 Å². The van der Waals surface area contributed by atoms with Crippen LogP contribution in [0.25, 0.3) is 11.3 Å². The Labute approximate surface area is 299 Å². The van der Waals surface area contributed by atoms with Crippen LogP contribution in [0.1, 0.15) is 53.4 Å². The number of fused-ring (bicyclic) bond motifs is 2. The first kappa shape index (κ1) is 31.4. The Morgan fingerprint density at radius 3 is 2.31 bits per heavy atom. The fourth-order valence-corrected chi connectivity index (χ4v) is 7.09. The Bertz CT molecular complexity index is 2390. The summed E-state index contributed by atoms with van der Waals surface area (Å²) in [7, 11) is 0. The maximum atomic E-state index is 13.5. The van der Waals surface area contributed by atoms with Crippen molar-refractivity contribution < 1.29 is 23.8 Å². The number of carbonyl (C=O) groups excluding carboxylic acids is 2. The van der Waals surface area contributed by atoms with Crippen molar-refractivity contribution in [2.75, 3.05) is 23.0 Å². The average Bonchev–Trinajstić information content (AvgIpc) is 3.99. The summed E-state index contributed by atoms with van der Waals surface area (Å²) in [6, 6.07) is 34.6. The first-order valence-corrected chi connectivity index (χ1v) is 17.2. The Hall–Kier alpha value is -6.62. The average molecular weight is 691 g/mol.